The summed E-state index contributed by atoms with van der Waals surface area (Å²) in [6.45, 7) is 0. The van der Waals surface area contributed by atoms with Crippen LogP contribution in [0, 0.1) is 5.92 Å². The molecule has 2 aromatic rings. The first-order valence-electron chi connectivity index (χ1n) is 8.33. The van der Waals surface area contributed by atoms with Gasteiger partial charge in [0.25, 0.3) is 0 Å². The summed E-state index contributed by atoms with van der Waals surface area (Å²) in [6, 6.07) is 15.1. The van der Waals surface area contributed by atoms with E-state index in [0.717, 1.165) is 0 Å². The number of aliphatic carboxylic acids is 2. The molecule has 2 unspecified atom stereocenters. The minimum Gasteiger partial charge on any atom is -0.481 e. The number of rotatable bonds is 10. The fraction of sp³-hybridized carbons (Fsp3) is 0.211. The lowest BCUT2D eigenvalue weighted by molar-refractivity contribution is -0.162. The number of carbonyl (C=O) groups is 3. The maximum atomic E-state index is 11.7. The van der Waals surface area contributed by atoms with Gasteiger partial charge in [-0.05, 0) is 17.5 Å². The van der Waals surface area contributed by atoms with Gasteiger partial charge in [0.15, 0.2) is 1.41 Å². The molecule has 3 N–H and O–H groups in total. The molecule has 136 valence electrons. The molecule has 0 bridgehead atoms. The van der Waals surface area contributed by atoms with Gasteiger partial charge in [0.1, 0.15) is 12.3 Å². The highest BCUT2D eigenvalue weighted by atomic mass is 16.7. The largest absolute Gasteiger partial charge is 0.481 e. The van der Waals surface area contributed by atoms with Gasteiger partial charge in [-0.1, -0.05) is 60.7 Å². The van der Waals surface area contributed by atoms with Crippen molar-refractivity contribution in [3.8, 4) is 0 Å². The fourth-order valence-corrected chi connectivity index (χ4v) is 2.42. The monoisotopic (exact) mass is 358 g/mol. The normalized spacial score (nSPS) is 14.9. The fourth-order valence-electron chi connectivity index (χ4n) is 2.42. The maximum Gasteiger partial charge on any atom is 0.339 e. The molecule has 0 saturated heterocycles. The highest BCUT2D eigenvalue weighted by Gasteiger charge is 2.30. The number of hydroxylamine groups is 1. The van der Waals surface area contributed by atoms with Crippen molar-refractivity contribution >= 4 is 18.2 Å². The molecule has 7 nitrogen and oxygen atoms in total. The van der Waals surface area contributed by atoms with Crippen LogP contribution in [0.25, 0.3) is 0 Å². The summed E-state index contributed by atoms with van der Waals surface area (Å²) in [5.41, 5.74) is 1.20. The van der Waals surface area contributed by atoms with Crippen LogP contribution in [0.3, 0.4) is 0 Å². The standard InChI is InChI=1S/C19H19NO6/c21-12-16(15(18(22)23)11-13-7-3-1-4-8-13)20-26-17(19(24)25)14-9-5-2-6-10-14/h1-10,12,15-17,20H,11H2,(H,22,23)(H,24,25)/t15?,16-,17?/m1/s1/i/hD. The van der Waals surface area contributed by atoms with Crippen molar-refractivity contribution in [3.63, 3.8) is 0 Å². The lowest BCUT2D eigenvalue weighted by Gasteiger charge is -2.22. The molecule has 0 aliphatic rings. The lowest BCUT2D eigenvalue weighted by Crippen LogP contribution is -2.43. The van der Waals surface area contributed by atoms with Gasteiger partial charge in [-0.25, -0.2) is 4.79 Å². The Kier molecular flexibility index (Phi) is 6.46. The Labute approximate surface area is 151 Å². The first-order chi connectivity index (χ1) is 12.9. The minimum absolute atomic E-state index is 0.0125. The van der Waals surface area contributed by atoms with Crippen molar-refractivity contribution in [3.05, 3.63) is 71.8 Å². The third-order valence-corrected chi connectivity index (χ3v) is 3.78. The SMILES string of the molecule is [2H]N(OC(C(=O)O)c1ccccc1)[C@H](C=O)C(Cc1ccccc1)C(=O)O. The Balaban J connectivity index is 2.21. The maximum absolute atomic E-state index is 11.7. The van der Waals surface area contributed by atoms with Gasteiger partial charge in [0.05, 0.1) is 5.92 Å². The second kappa shape index (κ2) is 9.45. The summed E-state index contributed by atoms with van der Waals surface area (Å²) < 4.78 is 7.95. The molecule has 26 heavy (non-hydrogen) atoms. The summed E-state index contributed by atoms with van der Waals surface area (Å²) in [5.74, 6) is -3.94. The molecule has 0 amide bonds. The van der Waals surface area contributed by atoms with Crippen LogP contribution < -0.4 is 5.47 Å². The Morgan fingerprint density at radius 1 is 1.04 bits per heavy atom. The molecule has 0 aromatic heterocycles. The molecule has 0 radical (unpaired) electrons. The van der Waals surface area contributed by atoms with Gasteiger partial charge in [0.2, 0.25) is 6.10 Å². The number of benzene rings is 2. The van der Waals surface area contributed by atoms with Crippen LogP contribution in [0.5, 0.6) is 0 Å². The molecule has 2 aromatic carbocycles. The van der Waals surface area contributed by atoms with Gasteiger partial charge in [-0.3, -0.25) is 9.63 Å². The molecular weight excluding hydrogens is 338 g/mol. The van der Waals surface area contributed by atoms with E-state index >= 15 is 0 Å². The van der Waals surface area contributed by atoms with E-state index in [4.69, 9.17) is 6.25 Å². The summed E-state index contributed by atoms with van der Waals surface area (Å²) >= 11 is 0. The van der Waals surface area contributed by atoms with Crippen LogP contribution in [0.15, 0.2) is 60.7 Å². The van der Waals surface area contributed by atoms with Crippen molar-refractivity contribution in [1.29, 1.82) is 0 Å². The zero-order chi connectivity index (χ0) is 19.8. The van der Waals surface area contributed by atoms with Gasteiger partial charge < -0.3 is 15.0 Å². The molecule has 3 atom stereocenters. The molecule has 0 aliphatic carbocycles. The number of carboxylic acid groups (broad SMARTS) is 2. The second-order valence-corrected chi connectivity index (χ2v) is 5.60. The highest BCUT2D eigenvalue weighted by molar-refractivity contribution is 5.77. The van der Waals surface area contributed by atoms with E-state index in [2.05, 4.69) is 0 Å². The predicted molar refractivity (Wildman–Crippen MR) is 92.2 cm³/mol. The van der Waals surface area contributed by atoms with Gasteiger partial charge in [-0.2, -0.15) is 5.47 Å². The van der Waals surface area contributed by atoms with E-state index < -0.39 is 30.0 Å². The first-order valence-corrected chi connectivity index (χ1v) is 7.88. The Morgan fingerprint density at radius 2 is 1.62 bits per heavy atom. The van der Waals surface area contributed by atoms with Crippen molar-refractivity contribution in [2.45, 2.75) is 18.6 Å². The smallest absolute Gasteiger partial charge is 0.339 e. The van der Waals surface area contributed by atoms with E-state index in [1.54, 1.807) is 48.5 Å². The summed E-state index contributed by atoms with van der Waals surface area (Å²) in [7, 11) is 0. The Bertz CT molecular complexity index is 770. The third-order valence-electron chi connectivity index (χ3n) is 3.78. The van der Waals surface area contributed by atoms with Gasteiger partial charge >= 0.3 is 11.9 Å². The molecule has 2 rings (SSSR count). The molecule has 7 heteroatoms. The number of aldehydes is 1. The van der Waals surface area contributed by atoms with Crippen LogP contribution in [-0.2, 0) is 25.6 Å². The minimum atomic E-state index is -1.54. The number of nitrogens with one attached hydrogen (secondary N) is 1. The lowest BCUT2D eigenvalue weighted by atomic mass is 9.93. The molecular formula is C19H19NO6. The molecule has 0 heterocycles. The quantitative estimate of drug-likeness (QED) is 0.439. The Morgan fingerprint density at radius 3 is 2.12 bits per heavy atom. The summed E-state index contributed by atoms with van der Waals surface area (Å²) in [6.07, 6.45) is -1.28. The van der Waals surface area contributed by atoms with E-state index in [-0.39, 0.29) is 23.7 Å². The Hall–Kier alpha value is -3.03. The summed E-state index contributed by atoms with van der Waals surface area (Å²) in [4.78, 5) is 39.8. The van der Waals surface area contributed by atoms with Crippen molar-refractivity contribution in [2.75, 3.05) is 0 Å². The van der Waals surface area contributed by atoms with Crippen molar-refractivity contribution in [2.24, 2.45) is 5.92 Å². The molecule has 0 aliphatic heterocycles. The van der Waals surface area contributed by atoms with E-state index in [1.807, 2.05) is 0 Å². The second-order valence-electron chi connectivity index (χ2n) is 5.60. The zero-order valence-corrected chi connectivity index (χ0v) is 13.8. The predicted octanol–water partition coefficient (Wildman–Crippen LogP) is 1.84. The third kappa shape index (κ3) is 5.23. The van der Waals surface area contributed by atoms with Crippen LogP contribution in [0.2, 0.25) is 1.41 Å². The average molecular weight is 358 g/mol. The van der Waals surface area contributed by atoms with E-state index in [9.17, 15) is 24.6 Å². The first kappa shape index (κ1) is 17.8. The average Bonchev–Trinajstić information content (AvgIpc) is 2.67. The van der Waals surface area contributed by atoms with Crippen LogP contribution in [-0.4, -0.2) is 34.5 Å². The van der Waals surface area contributed by atoms with Crippen LogP contribution >= 0.6 is 0 Å². The number of carboxylic acids is 2. The molecule has 0 saturated carbocycles. The van der Waals surface area contributed by atoms with Crippen molar-refractivity contribution in [1.82, 2.24) is 5.47 Å². The number of hydrogen-bond donors (Lipinski definition) is 3. The van der Waals surface area contributed by atoms with Crippen LogP contribution in [0.4, 0.5) is 0 Å². The van der Waals surface area contributed by atoms with Gasteiger partial charge in [-0.15, -0.1) is 0 Å². The van der Waals surface area contributed by atoms with E-state index in [1.165, 1.54) is 12.1 Å². The highest BCUT2D eigenvalue weighted by Crippen LogP contribution is 2.18. The molecule has 0 fully saturated rings. The molecule has 0 spiro atoms. The topological polar surface area (TPSA) is 113 Å². The van der Waals surface area contributed by atoms with Gasteiger partial charge in [0, 0.05) is 0 Å². The number of carbonyl (C=O) groups excluding carboxylic acids is 1. The van der Waals surface area contributed by atoms with E-state index in [0.29, 0.717) is 5.56 Å². The number of hydrogen-bond acceptors (Lipinski definition) is 5. The summed E-state index contributed by atoms with van der Waals surface area (Å²) in [5, 5.41) is 18.9. The van der Waals surface area contributed by atoms with Crippen molar-refractivity contribution < 1.29 is 30.8 Å². The van der Waals surface area contributed by atoms with Crippen LogP contribution in [0.1, 0.15) is 17.2 Å². The zero-order valence-electron chi connectivity index (χ0n) is 14.8.